The third-order valence-electron chi connectivity index (χ3n) is 6.12. The number of hydrogen-bond acceptors (Lipinski definition) is 1. The van der Waals surface area contributed by atoms with E-state index in [0.29, 0.717) is 10.2 Å². The van der Waals surface area contributed by atoms with Crippen molar-refractivity contribution in [1.82, 2.24) is 0 Å². The van der Waals surface area contributed by atoms with Gasteiger partial charge in [-0.15, -0.1) is 0 Å². The van der Waals surface area contributed by atoms with Crippen molar-refractivity contribution in [3.05, 3.63) is 18.1 Å². The third kappa shape index (κ3) is 4.46. The van der Waals surface area contributed by atoms with Gasteiger partial charge in [-0.05, 0) is 49.2 Å². The second-order valence-electron chi connectivity index (χ2n) is 7.58. The van der Waals surface area contributed by atoms with Crippen molar-refractivity contribution >= 4 is 11.8 Å². The summed E-state index contributed by atoms with van der Waals surface area (Å²) in [5, 5.41) is 0. The standard InChI is InChI=1S/C19H33S.Ho/c1-6-8-10-15(7-2)18(3,4)16-11-9-12-19(5)17(13-16)14-20-19;/h7-8,16-17H,6,9-14H2,1-5H3;/q-1;/b15-7-;. The minimum absolute atomic E-state index is 0. The Balaban J connectivity index is 0.00000220. The van der Waals surface area contributed by atoms with Crippen LogP contribution < -0.4 is 0 Å². The van der Waals surface area contributed by atoms with Crippen molar-refractivity contribution in [1.29, 1.82) is 0 Å². The summed E-state index contributed by atoms with van der Waals surface area (Å²) in [7, 11) is 0. The monoisotopic (exact) mass is 458 g/mol. The summed E-state index contributed by atoms with van der Waals surface area (Å²) in [6.45, 7) is 12.0. The molecule has 21 heavy (non-hydrogen) atoms. The van der Waals surface area contributed by atoms with Crippen molar-refractivity contribution in [2.75, 3.05) is 5.75 Å². The molecule has 0 N–H and O–H groups in total. The molecular weight excluding hydrogens is 425 g/mol. The smallest absolute Gasteiger partial charge is 0.0168 e. The second kappa shape index (κ2) is 8.45. The molecule has 1 saturated heterocycles. The quantitative estimate of drug-likeness (QED) is 0.266. The molecule has 0 aromatic carbocycles. The van der Waals surface area contributed by atoms with Gasteiger partial charge in [0.2, 0.25) is 0 Å². The first-order valence-electron chi connectivity index (χ1n) is 8.55. The minimum atomic E-state index is 0. The van der Waals surface area contributed by atoms with Gasteiger partial charge in [0, 0.05) is 42.5 Å². The number of fused-ring (bicyclic) bond motifs is 1. The Hall–Kier alpha value is 1.35. The van der Waals surface area contributed by atoms with E-state index in [2.05, 4.69) is 58.9 Å². The van der Waals surface area contributed by atoms with Crippen LogP contribution in [0.2, 0.25) is 0 Å². The molecule has 3 atom stereocenters. The Labute approximate surface area is 167 Å². The van der Waals surface area contributed by atoms with E-state index in [9.17, 15) is 0 Å². The van der Waals surface area contributed by atoms with Gasteiger partial charge < -0.3 is 6.42 Å². The SMILES string of the molecule is C/C=C(/C[CH-]CC)C(C)(C)C1CCCC2(C)SCC2C1.[Ho]. The van der Waals surface area contributed by atoms with Crippen LogP contribution in [0.3, 0.4) is 0 Å². The second-order valence-corrected chi connectivity index (χ2v) is 9.14. The van der Waals surface area contributed by atoms with Gasteiger partial charge in [0.05, 0.1) is 0 Å². The van der Waals surface area contributed by atoms with E-state index >= 15 is 0 Å². The zero-order valence-corrected chi connectivity index (χ0v) is 17.2. The van der Waals surface area contributed by atoms with Crippen LogP contribution in [0.25, 0.3) is 0 Å². The first kappa shape index (κ1) is 20.4. The third-order valence-corrected chi connectivity index (χ3v) is 7.89. The maximum absolute atomic E-state index is 2.52. The van der Waals surface area contributed by atoms with E-state index in [1.807, 2.05) is 0 Å². The van der Waals surface area contributed by atoms with Gasteiger partial charge in [-0.1, -0.05) is 45.8 Å². The molecule has 1 radical (unpaired) electrons. The molecule has 0 aromatic heterocycles. The number of unbranched alkanes of at least 4 members (excludes halogenated alkanes) is 1. The number of thioether (sulfide) groups is 1. The minimum Gasteiger partial charge on any atom is -0.325 e. The van der Waals surface area contributed by atoms with Crippen LogP contribution in [0.15, 0.2) is 11.6 Å². The summed E-state index contributed by atoms with van der Waals surface area (Å²) >= 11 is 2.22. The van der Waals surface area contributed by atoms with Gasteiger partial charge in [0.15, 0.2) is 0 Å². The van der Waals surface area contributed by atoms with Crippen LogP contribution in [0.5, 0.6) is 0 Å². The van der Waals surface area contributed by atoms with E-state index in [-0.39, 0.29) is 37.7 Å². The number of hydrogen-bond donors (Lipinski definition) is 0. The van der Waals surface area contributed by atoms with Crippen LogP contribution >= 0.6 is 11.8 Å². The molecule has 2 fully saturated rings. The maximum Gasteiger partial charge on any atom is 0.0168 e. The van der Waals surface area contributed by atoms with Crippen molar-refractivity contribution in [2.45, 2.75) is 77.9 Å². The molecule has 0 bridgehead atoms. The molecule has 127 valence electrons. The Bertz CT molecular complexity index is 361. The van der Waals surface area contributed by atoms with Crippen molar-refractivity contribution in [3.63, 3.8) is 0 Å². The van der Waals surface area contributed by atoms with Gasteiger partial charge >= 0.3 is 0 Å². The molecule has 2 aliphatic rings. The fraction of sp³-hybridized carbons (Fsp3) is 0.842. The summed E-state index contributed by atoms with van der Waals surface area (Å²) in [5.41, 5.74) is 2.05. The van der Waals surface area contributed by atoms with E-state index in [1.165, 1.54) is 44.3 Å². The Morgan fingerprint density at radius 1 is 1.43 bits per heavy atom. The zero-order valence-electron chi connectivity index (χ0n) is 14.5. The molecule has 0 amide bonds. The Morgan fingerprint density at radius 3 is 2.67 bits per heavy atom. The summed E-state index contributed by atoms with van der Waals surface area (Å²) in [6.07, 6.45) is 13.0. The summed E-state index contributed by atoms with van der Waals surface area (Å²) < 4.78 is 0.621. The van der Waals surface area contributed by atoms with E-state index in [0.717, 1.165) is 11.8 Å². The van der Waals surface area contributed by atoms with Gasteiger partial charge in [-0.3, -0.25) is 0 Å². The predicted molar refractivity (Wildman–Crippen MR) is 93.1 cm³/mol. The summed E-state index contributed by atoms with van der Waals surface area (Å²) in [6, 6.07) is 0. The average Bonchev–Trinajstić information content (AvgIpc) is 2.51. The molecule has 0 nitrogen and oxygen atoms in total. The normalized spacial score (nSPS) is 33.5. The molecule has 2 heteroatoms. The van der Waals surface area contributed by atoms with Crippen molar-refractivity contribution in [2.24, 2.45) is 17.3 Å². The van der Waals surface area contributed by atoms with Gasteiger partial charge in [0.1, 0.15) is 0 Å². The molecule has 3 unspecified atom stereocenters. The van der Waals surface area contributed by atoms with E-state index in [1.54, 1.807) is 5.57 Å². The predicted octanol–water partition coefficient (Wildman–Crippen LogP) is 6.28. The van der Waals surface area contributed by atoms with Gasteiger partial charge in [-0.25, -0.2) is 0 Å². The van der Waals surface area contributed by atoms with Crippen LogP contribution in [0.4, 0.5) is 0 Å². The largest absolute Gasteiger partial charge is 0.325 e. The van der Waals surface area contributed by atoms with Crippen molar-refractivity contribution in [3.8, 4) is 0 Å². The summed E-state index contributed by atoms with van der Waals surface area (Å²) in [5.74, 6) is 3.27. The average molecular weight is 458 g/mol. The molecule has 0 spiro atoms. The van der Waals surface area contributed by atoms with Crippen LogP contribution in [-0.2, 0) is 0 Å². The van der Waals surface area contributed by atoms with E-state index in [4.69, 9.17) is 0 Å². The number of allylic oxidation sites excluding steroid dienone is 2. The zero-order chi connectivity index (χ0) is 14.8. The molecule has 2 rings (SSSR count). The Morgan fingerprint density at radius 2 is 2.14 bits per heavy atom. The first-order valence-corrected chi connectivity index (χ1v) is 9.54. The van der Waals surface area contributed by atoms with Gasteiger partial charge in [0.25, 0.3) is 0 Å². The van der Waals surface area contributed by atoms with Crippen LogP contribution in [0, 0.1) is 61.4 Å². The molecule has 1 aliphatic carbocycles. The Kier molecular flexibility index (Phi) is 8.20. The van der Waals surface area contributed by atoms with Crippen LogP contribution in [0.1, 0.15) is 73.1 Å². The fourth-order valence-electron chi connectivity index (χ4n) is 4.21. The topological polar surface area (TPSA) is 0 Å². The fourth-order valence-corrected chi connectivity index (χ4v) is 5.70. The molecular formula is C19H33HoS-. The molecule has 1 heterocycles. The van der Waals surface area contributed by atoms with Crippen LogP contribution in [-0.4, -0.2) is 10.5 Å². The molecule has 0 aromatic rings. The maximum atomic E-state index is 2.52. The first-order chi connectivity index (χ1) is 9.44. The number of rotatable bonds is 5. The molecule has 1 saturated carbocycles. The van der Waals surface area contributed by atoms with Gasteiger partial charge in [-0.2, -0.15) is 24.6 Å². The van der Waals surface area contributed by atoms with E-state index < -0.39 is 0 Å². The molecule has 1 aliphatic heterocycles. The van der Waals surface area contributed by atoms with Crippen molar-refractivity contribution < 1.29 is 37.7 Å². The summed E-state index contributed by atoms with van der Waals surface area (Å²) in [4.78, 5) is 0.